The number of rotatable bonds is 5. The van der Waals surface area contributed by atoms with Crippen LogP contribution in [0.15, 0.2) is 34.8 Å². The minimum Gasteiger partial charge on any atom is -0.448 e. The molecule has 0 aliphatic carbocycles. The molecule has 0 fully saturated rings. The monoisotopic (exact) mass is 350 g/mol. The van der Waals surface area contributed by atoms with E-state index in [4.69, 9.17) is 4.74 Å². The van der Waals surface area contributed by atoms with Crippen LogP contribution in [-0.4, -0.2) is 22.5 Å². The summed E-state index contributed by atoms with van der Waals surface area (Å²) in [5, 5.41) is 4.39. The number of halogens is 1. The molecule has 21 heavy (non-hydrogen) atoms. The van der Waals surface area contributed by atoms with Crippen molar-refractivity contribution >= 4 is 22.0 Å². The Kier molecular flexibility index (Phi) is 5.56. The summed E-state index contributed by atoms with van der Waals surface area (Å²) in [6.45, 7) is 4.50. The smallest absolute Gasteiger partial charge is 0.434 e. The van der Waals surface area contributed by atoms with E-state index in [-0.39, 0.29) is 0 Å². The molecule has 0 saturated carbocycles. The summed E-state index contributed by atoms with van der Waals surface area (Å²) in [6, 6.07) is 9.79. The summed E-state index contributed by atoms with van der Waals surface area (Å²) in [6.07, 6.45) is 2.20. The fraction of sp³-hybridized carbons (Fsp3) is 0.375. The van der Waals surface area contributed by atoms with Crippen molar-refractivity contribution < 1.29 is 9.53 Å². The Morgan fingerprint density at radius 2 is 2.00 bits per heavy atom. The molecular weight excluding hydrogens is 332 g/mol. The lowest BCUT2D eigenvalue weighted by Crippen LogP contribution is -2.18. The second-order valence-corrected chi connectivity index (χ2v) is 5.68. The molecule has 1 aromatic carbocycles. The molecular formula is C16H19BrN2O2. The number of aromatic nitrogens is 2. The van der Waals surface area contributed by atoms with Crippen molar-refractivity contribution in [1.29, 1.82) is 0 Å². The SMILES string of the molecule is CCCCOC(=O)n1nc(-c2ccc(Br)cc2)cc1CC. The van der Waals surface area contributed by atoms with Gasteiger partial charge in [0.25, 0.3) is 0 Å². The van der Waals surface area contributed by atoms with E-state index in [0.29, 0.717) is 6.61 Å². The lowest BCUT2D eigenvalue weighted by atomic mass is 10.1. The molecule has 0 saturated heterocycles. The zero-order chi connectivity index (χ0) is 15.2. The Morgan fingerprint density at radius 1 is 1.29 bits per heavy atom. The maximum atomic E-state index is 12.1. The number of aryl methyl sites for hydroxylation is 1. The minimum atomic E-state index is -0.399. The molecule has 0 aliphatic rings. The number of benzene rings is 1. The van der Waals surface area contributed by atoms with E-state index in [1.54, 1.807) is 0 Å². The molecule has 0 atom stereocenters. The Morgan fingerprint density at radius 3 is 2.62 bits per heavy atom. The zero-order valence-corrected chi connectivity index (χ0v) is 13.9. The zero-order valence-electron chi connectivity index (χ0n) is 12.3. The summed E-state index contributed by atoms with van der Waals surface area (Å²) in [5.41, 5.74) is 2.62. The molecule has 2 aromatic rings. The van der Waals surface area contributed by atoms with Crippen LogP contribution in [0.25, 0.3) is 11.3 Å². The Labute approximate surface area is 133 Å². The average molecular weight is 351 g/mol. The van der Waals surface area contributed by atoms with Gasteiger partial charge in [-0.05, 0) is 31.0 Å². The highest BCUT2D eigenvalue weighted by atomic mass is 79.9. The molecule has 1 heterocycles. The Balaban J connectivity index is 2.22. The van der Waals surface area contributed by atoms with Gasteiger partial charge in [-0.3, -0.25) is 0 Å². The third-order valence-corrected chi connectivity index (χ3v) is 3.71. The van der Waals surface area contributed by atoms with E-state index < -0.39 is 6.09 Å². The standard InChI is InChI=1S/C16H19BrN2O2/c1-3-5-10-21-16(20)19-14(4-2)11-15(18-19)12-6-8-13(17)9-7-12/h6-9,11H,3-5,10H2,1-2H3. The molecule has 0 bridgehead atoms. The van der Waals surface area contributed by atoms with E-state index >= 15 is 0 Å². The molecule has 2 rings (SSSR count). The van der Waals surface area contributed by atoms with Crippen LogP contribution in [0, 0.1) is 0 Å². The normalized spacial score (nSPS) is 10.6. The van der Waals surface area contributed by atoms with Crippen molar-refractivity contribution in [2.24, 2.45) is 0 Å². The molecule has 0 amide bonds. The summed E-state index contributed by atoms with van der Waals surface area (Å²) >= 11 is 3.41. The molecule has 0 unspecified atom stereocenters. The van der Waals surface area contributed by atoms with Gasteiger partial charge in [0.1, 0.15) is 0 Å². The second kappa shape index (κ2) is 7.41. The van der Waals surface area contributed by atoms with Gasteiger partial charge in [0.15, 0.2) is 0 Å². The Bertz CT molecular complexity index is 605. The number of hydrogen-bond acceptors (Lipinski definition) is 3. The molecule has 1 aromatic heterocycles. The first-order chi connectivity index (χ1) is 10.2. The van der Waals surface area contributed by atoms with Gasteiger partial charge in [0.05, 0.1) is 18.0 Å². The number of hydrogen-bond donors (Lipinski definition) is 0. The molecule has 0 radical (unpaired) electrons. The van der Waals surface area contributed by atoms with Gasteiger partial charge >= 0.3 is 6.09 Å². The van der Waals surface area contributed by atoms with Gasteiger partial charge in [-0.25, -0.2) is 4.79 Å². The van der Waals surface area contributed by atoms with Crippen molar-refractivity contribution in [2.45, 2.75) is 33.1 Å². The average Bonchev–Trinajstić information content (AvgIpc) is 2.92. The van der Waals surface area contributed by atoms with Crippen molar-refractivity contribution in [2.75, 3.05) is 6.61 Å². The fourth-order valence-corrected chi connectivity index (χ4v) is 2.22. The summed E-state index contributed by atoms with van der Waals surface area (Å²) < 4.78 is 7.62. The van der Waals surface area contributed by atoms with Gasteiger partial charge in [0.2, 0.25) is 0 Å². The second-order valence-electron chi connectivity index (χ2n) is 4.76. The van der Waals surface area contributed by atoms with Crippen LogP contribution in [0.1, 0.15) is 32.4 Å². The van der Waals surface area contributed by atoms with Gasteiger partial charge < -0.3 is 4.74 Å². The molecule has 4 nitrogen and oxygen atoms in total. The third kappa shape index (κ3) is 3.94. The lowest BCUT2D eigenvalue weighted by Gasteiger charge is -2.05. The molecule has 0 N–H and O–H groups in total. The first-order valence-electron chi connectivity index (χ1n) is 7.17. The van der Waals surface area contributed by atoms with Gasteiger partial charge in [-0.2, -0.15) is 9.78 Å². The van der Waals surface area contributed by atoms with Crippen LogP contribution in [0.4, 0.5) is 4.79 Å². The van der Waals surface area contributed by atoms with Crippen LogP contribution in [0.2, 0.25) is 0 Å². The van der Waals surface area contributed by atoms with Crippen LogP contribution in [0.3, 0.4) is 0 Å². The van der Waals surface area contributed by atoms with Crippen LogP contribution < -0.4 is 0 Å². The van der Waals surface area contributed by atoms with E-state index in [9.17, 15) is 4.79 Å². The maximum Gasteiger partial charge on any atom is 0.434 e. The van der Waals surface area contributed by atoms with E-state index in [2.05, 4.69) is 28.0 Å². The number of carbonyl (C=O) groups is 1. The van der Waals surface area contributed by atoms with E-state index in [0.717, 1.165) is 40.7 Å². The number of unbranched alkanes of at least 4 members (excludes halogenated alkanes) is 1. The number of nitrogens with zero attached hydrogens (tertiary/aromatic N) is 2. The van der Waals surface area contributed by atoms with Gasteiger partial charge in [-0.15, -0.1) is 0 Å². The maximum absolute atomic E-state index is 12.1. The highest BCUT2D eigenvalue weighted by molar-refractivity contribution is 9.10. The predicted octanol–water partition coefficient (Wildman–Crippen LogP) is 4.66. The first-order valence-corrected chi connectivity index (χ1v) is 7.97. The quantitative estimate of drug-likeness (QED) is 0.736. The largest absolute Gasteiger partial charge is 0.448 e. The highest BCUT2D eigenvalue weighted by Gasteiger charge is 2.15. The number of ether oxygens (including phenoxy) is 1. The van der Waals surface area contributed by atoms with Crippen LogP contribution in [-0.2, 0) is 11.2 Å². The van der Waals surface area contributed by atoms with Gasteiger partial charge in [0, 0.05) is 10.0 Å². The summed E-state index contributed by atoms with van der Waals surface area (Å²) in [4.78, 5) is 12.1. The molecule has 112 valence electrons. The van der Waals surface area contributed by atoms with Gasteiger partial charge in [-0.1, -0.05) is 48.3 Å². The topological polar surface area (TPSA) is 44.1 Å². The van der Waals surface area contributed by atoms with Crippen LogP contribution >= 0.6 is 15.9 Å². The van der Waals surface area contributed by atoms with E-state index in [1.807, 2.05) is 37.3 Å². The summed E-state index contributed by atoms with van der Waals surface area (Å²) in [7, 11) is 0. The van der Waals surface area contributed by atoms with Crippen molar-refractivity contribution in [3.63, 3.8) is 0 Å². The van der Waals surface area contributed by atoms with Crippen LogP contribution in [0.5, 0.6) is 0 Å². The van der Waals surface area contributed by atoms with E-state index in [1.165, 1.54) is 4.68 Å². The summed E-state index contributed by atoms with van der Waals surface area (Å²) in [5.74, 6) is 0. The molecule has 0 aliphatic heterocycles. The minimum absolute atomic E-state index is 0.399. The highest BCUT2D eigenvalue weighted by Crippen LogP contribution is 2.22. The lowest BCUT2D eigenvalue weighted by molar-refractivity contribution is 0.142. The molecule has 5 heteroatoms. The fourth-order valence-electron chi connectivity index (χ4n) is 1.96. The molecule has 0 spiro atoms. The first kappa shape index (κ1) is 15.8. The Hall–Kier alpha value is -1.62. The van der Waals surface area contributed by atoms with Crippen molar-refractivity contribution in [1.82, 2.24) is 9.78 Å². The number of carbonyl (C=O) groups excluding carboxylic acids is 1. The van der Waals surface area contributed by atoms with Crippen molar-refractivity contribution in [3.05, 3.63) is 40.5 Å². The predicted molar refractivity (Wildman–Crippen MR) is 86.4 cm³/mol. The van der Waals surface area contributed by atoms with Crippen molar-refractivity contribution in [3.8, 4) is 11.3 Å². The third-order valence-electron chi connectivity index (χ3n) is 3.18.